The van der Waals surface area contributed by atoms with Gasteiger partial charge in [-0.15, -0.1) is 0 Å². The molecule has 2 rings (SSSR count). The highest BCUT2D eigenvalue weighted by molar-refractivity contribution is 6.06. The fraction of sp³-hybridized carbons (Fsp3) is 0.133. The van der Waals surface area contributed by atoms with E-state index in [4.69, 9.17) is 5.73 Å². The maximum Gasteiger partial charge on any atom is 0.259 e. The van der Waals surface area contributed by atoms with Gasteiger partial charge in [-0.1, -0.05) is 25.1 Å². The average Bonchev–Trinajstić information content (AvgIpc) is 2.39. The third kappa shape index (κ3) is 2.85. The predicted molar refractivity (Wildman–Crippen MR) is 76.3 cm³/mol. The van der Waals surface area contributed by atoms with Crippen molar-refractivity contribution >= 4 is 17.3 Å². The highest BCUT2D eigenvalue weighted by Gasteiger charge is 2.12. The number of benzene rings is 2. The van der Waals surface area contributed by atoms with Gasteiger partial charge < -0.3 is 16.2 Å². The number of aromatic hydroxyl groups is 1. The maximum atomic E-state index is 12.1. The van der Waals surface area contributed by atoms with Crippen molar-refractivity contribution in [3.63, 3.8) is 0 Å². The predicted octanol–water partition coefficient (Wildman–Crippen LogP) is 2.79. The number of nitrogens with two attached hydrogens (primary N) is 1. The van der Waals surface area contributed by atoms with Crippen molar-refractivity contribution in [3.8, 4) is 5.75 Å². The molecule has 0 atom stereocenters. The summed E-state index contributed by atoms with van der Waals surface area (Å²) in [6.45, 7) is 2.02. The Kier molecular flexibility index (Phi) is 3.71. The fourth-order valence-corrected chi connectivity index (χ4v) is 1.88. The lowest BCUT2D eigenvalue weighted by Gasteiger charge is -2.10. The molecular weight excluding hydrogens is 240 g/mol. The number of amides is 1. The van der Waals surface area contributed by atoms with Crippen LogP contribution in [0.5, 0.6) is 5.75 Å². The largest absolute Gasteiger partial charge is 0.507 e. The van der Waals surface area contributed by atoms with Crippen molar-refractivity contribution in [2.24, 2.45) is 0 Å². The number of carbonyl (C=O) groups excluding carboxylic acids is 1. The Morgan fingerprint density at radius 3 is 2.68 bits per heavy atom. The molecule has 1 amide bonds. The molecule has 98 valence electrons. The molecular formula is C15H16N2O2. The van der Waals surface area contributed by atoms with Gasteiger partial charge in [-0.05, 0) is 30.2 Å². The van der Waals surface area contributed by atoms with E-state index in [1.165, 1.54) is 12.1 Å². The number of rotatable bonds is 3. The van der Waals surface area contributed by atoms with E-state index in [1.807, 2.05) is 31.2 Å². The van der Waals surface area contributed by atoms with E-state index in [2.05, 4.69) is 5.32 Å². The van der Waals surface area contributed by atoms with Gasteiger partial charge in [0.2, 0.25) is 0 Å². The lowest BCUT2D eigenvalue weighted by molar-refractivity contribution is 0.102. The molecule has 0 aliphatic rings. The van der Waals surface area contributed by atoms with E-state index in [0.717, 1.165) is 17.7 Å². The topological polar surface area (TPSA) is 75.4 Å². The van der Waals surface area contributed by atoms with Gasteiger partial charge in [0, 0.05) is 17.4 Å². The van der Waals surface area contributed by atoms with Gasteiger partial charge in [-0.3, -0.25) is 4.79 Å². The summed E-state index contributed by atoms with van der Waals surface area (Å²) in [6.07, 6.45) is 0.824. The summed E-state index contributed by atoms with van der Waals surface area (Å²) in [7, 11) is 0. The van der Waals surface area contributed by atoms with Crippen molar-refractivity contribution in [2.75, 3.05) is 11.1 Å². The first kappa shape index (κ1) is 13.0. The Morgan fingerprint density at radius 1 is 1.26 bits per heavy atom. The monoisotopic (exact) mass is 256 g/mol. The summed E-state index contributed by atoms with van der Waals surface area (Å²) in [6, 6.07) is 12.0. The van der Waals surface area contributed by atoms with E-state index in [-0.39, 0.29) is 17.2 Å². The van der Waals surface area contributed by atoms with Crippen LogP contribution < -0.4 is 11.1 Å². The first-order chi connectivity index (χ1) is 9.11. The van der Waals surface area contributed by atoms with Crippen molar-refractivity contribution in [3.05, 3.63) is 53.6 Å². The van der Waals surface area contributed by atoms with Gasteiger partial charge >= 0.3 is 0 Å². The minimum Gasteiger partial charge on any atom is -0.507 e. The molecule has 0 spiro atoms. The lowest BCUT2D eigenvalue weighted by atomic mass is 10.1. The van der Waals surface area contributed by atoms with Crippen LogP contribution in [0.2, 0.25) is 0 Å². The van der Waals surface area contributed by atoms with E-state index in [1.54, 1.807) is 6.07 Å². The first-order valence-corrected chi connectivity index (χ1v) is 6.09. The van der Waals surface area contributed by atoms with Crippen LogP contribution in [-0.4, -0.2) is 11.0 Å². The molecule has 0 saturated heterocycles. The number of nitrogens with one attached hydrogen (secondary N) is 1. The lowest BCUT2D eigenvalue weighted by Crippen LogP contribution is -2.13. The number of phenolic OH excluding ortho intramolecular Hbond substituents is 1. The number of aryl methyl sites for hydroxylation is 1. The normalized spacial score (nSPS) is 10.2. The van der Waals surface area contributed by atoms with Crippen LogP contribution in [0.3, 0.4) is 0 Å². The molecule has 0 bridgehead atoms. The van der Waals surface area contributed by atoms with Crippen molar-refractivity contribution < 1.29 is 9.90 Å². The first-order valence-electron chi connectivity index (χ1n) is 6.09. The van der Waals surface area contributed by atoms with Gasteiger partial charge in [0.05, 0.1) is 5.56 Å². The number of nitrogen functional groups attached to an aromatic ring is 1. The maximum absolute atomic E-state index is 12.1. The summed E-state index contributed by atoms with van der Waals surface area (Å²) in [4.78, 5) is 12.1. The Hall–Kier alpha value is -2.49. The minimum atomic E-state index is -0.349. The zero-order valence-corrected chi connectivity index (χ0v) is 10.7. The number of anilines is 2. The highest BCUT2D eigenvalue weighted by atomic mass is 16.3. The zero-order chi connectivity index (χ0) is 13.8. The minimum absolute atomic E-state index is 0.119. The molecule has 0 fully saturated rings. The third-order valence-electron chi connectivity index (χ3n) is 2.91. The van der Waals surface area contributed by atoms with Gasteiger partial charge in [0.1, 0.15) is 5.75 Å². The second-order valence-corrected chi connectivity index (χ2v) is 4.24. The van der Waals surface area contributed by atoms with E-state index >= 15 is 0 Å². The average molecular weight is 256 g/mol. The molecule has 19 heavy (non-hydrogen) atoms. The molecule has 0 radical (unpaired) electrons. The van der Waals surface area contributed by atoms with Crippen molar-refractivity contribution in [2.45, 2.75) is 13.3 Å². The van der Waals surface area contributed by atoms with Crippen molar-refractivity contribution in [1.29, 1.82) is 0 Å². The Bertz CT molecular complexity index is 609. The molecule has 0 unspecified atom stereocenters. The molecule has 4 heteroatoms. The van der Waals surface area contributed by atoms with Gasteiger partial charge in [-0.25, -0.2) is 0 Å². The molecule has 4 N–H and O–H groups in total. The number of hydrogen-bond donors (Lipinski definition) is 3. The van der Waals surface area contributed by atoms with Gasteiger partial charge in [0.25, 0.3) is 5.91 Å². The molecule has 0 heterocycles. The Morgan fingerprint density at radius 2 is 2.00 bits per heavy atom. The van der Waals surface area contributed by atoms with Crippen LogP contribution in [0.1, 0.15) is 22.8 Å². The smallest absolute Gasteiger partial charge is 0.259 e. The third-order valence-corrected chi connectivity index (χ3v) is 2.91. The van der Waals surface area contributed by atoms with Crippen LogP contribution in [-0.2, 0) is 6.42 Å². The number of phenols is 1. The molecule has 0 aromatic heterocycles. The van der Waals surface area contributed by atoms with E-state index in [0.29, 0.717) is 5.69 Å². The molecule has 0 aliphatic carbocycles. The van der Waals surface area contributed by atoms with E-state index in [9.17, 15) is 9.90 Å². The van der Waals surface area contributed by atoms with E-state index < -0.39 is 0 Å². The molecule has 2 aromatic carbocycles. The standard InChI is InChI=1S/C15H16N2O2/c1-2-10-5-3-4-6-13(10)17-15(19)12-8-7-11(16)9-14(12)18/h3-9,18H,2,16H2,1H3,(H,17,19). The number of hydrogen-bond acceptors (Lipinski definition) is 3. The quantitative estimate of drug-likeness (QED) is 0.739. The second-order valence-electron chi connectivity index (χ2n) is 4.24. The van der Waals surface area contributed by atoms with Crippen molar-refractivity contribution in [1.82, 2.24) is 0 Å². The van der Waals surface area contributed by atoms with Gasteiger partial charge in [0.15, 0.2) is 0 Å². The van der Waals surface area contributed by atoms with Crippen LogP contribution in [0.15, 0.2) is 42.5 Å². The number of carbonyl (C=O) groups is 1. The summed E-state index contributed by atoms with van der Waals surface area (Å²) in [5.74, 6) is -0.468. The summed E-state index contributed by atoms with van der Waals surface area (Å²) in [5.41, 5.74) is 7.96. The fourth-order valence-electron chi connectivity index (χ4n) is 1.88. The zero-order valence-electron chi connectivity index (χ0n) is 10.7. The Balaban J connectivity index is 2.26. The molecule has 4 nitrogen and oxygen atoms in total. The highest BCUT2D eigenvalue weighted by Crippen LogP contribution is 2.22. The second kappa shape index (κ2) is 5.44. The number of para-hydroxylation sites is 1. The Labute approximate surface area is 111 Å². The summed E-state index contributed by atoms with van der Waals surface area (Å²) < 4.78 is 0. The molecule has 0 aliphatic heterocycles. The molecule has 2 aromatic rings. The van der Waals surface area contributed by atoms with Crippen LogP contribution in [0.4, 0.5) is 11.4 Å². The van der Waals surface area contributed by atoms with Crippen LogP contribution >= 0.6 is 0 Å². The summed E-state index contributed by atoms with van der Waals surface area (Å²) in [5, 5.41) is 12.5. The SMILES string of the molecule is CCc1ccccc1NC(=O)c1ccc(N)cc1O. The van der Waals surface area contributed by atoms with Crippen LogP contribution in [0.25, 0.3) is 0 Å². The summed E-state index contributed by atoms with van der Waals surface area (Å²) >= 11 is 0. The molecule has 0 saturated carbocycles. The van der Waals surface area contributed by atoms with Gasteiger partial charge in [-0.2, -0.15) is 0 Å². The van der Waals surface area contributed by atoms with Crippen LogP contribution in [0, 0.1) is 0 Å².